The summed E-state index contributed by atoms with van der Waals surface area (Å²) < 4.78 is 18.6. The number of carbonyl (C=O) groups excluding carboxylic acids is 1. The molecule has 160 valence electrons. The maximum atomic E-state index is 13.1. The van der Waals surface area contributed by atoms with Gasteiger partial charge in [0.25, 0.3) is 0 Å². The largest absolute Gasteiger partial charge is 0.444 e. The Labute approximate surface area is 180 Å². The lowest BCUT2D eigenvalue weighted by Gasteiger charge is -2.18. The van der Waals surface area contributed by atoms with E-state index in [2.05, 4.69) is 20.6 Å². The molecule has 3 aromatic rings. The second-order valence-electron chi connectivity index (χ2n) is 7.29. The van der Waals surface area contributed by atoms with E-state index in [-0.39, 0.29) is 17.8 Å². The van der Waals surface area contributed by atoms with Crippen molar-refractivity contribution >= 4 is 17.6 Å². The van der Waals surface area contributed by atoms with Gasteiger partial charge < -0.3 is 20.0 Å². The van der Waals surface area contributed by atoms with E-state index in [1.165, 1.54) is 12.1 Å². The number of guanidine groups is 1. The minimum Gasteiger partial charge on any atom is -0.444 e. The summed E-state index contributed by atoms with van der Waals surface area (Å²) in [5, 5.41) is 6.56. The topological polar surface area (TPSA) is 82.8 Å². The van der Waals surface area contributed by atoms with Crippen molar-refractivity contribution in [3.8, 4) is 11.5 Å². The van der Waals surface area contributed by atoms with E-state index in [0.717, 1.165) is 16.9 Å². The van der Waals surface area contributed by atoms with E-state index >= 15 is 0 Å². The number of benzene rings is 2. The average Bonchev–Trinajstić information content (AvgIpc) is 3.40. The monoisotopic (exact) mass is 421 g/mol. The van der Waals surface area contributed by atoms with Crippen LogP contribution in [-0.2, 0) is 11.2 Å². The van der Waals surface area contributed by atoms with Gasteiger partial charge in [0.2, 0.25) is 11.8 Å². The van der Waals surface area contributed by atoms with Crippen molar-refractivity contribution in [1.29, 1.82) is 0 Å². The van der Waals surface area contributed by atoms with E-state index in [1.807, 2.05) is 30.3 Å². The number of aliphatic imine (C=N–C) groups is 1. The number of carbonyl (C=O) groups is 1. The number of aromatic nitrogens is 1. The van der Waals surface area contributed by atoms with E-state index in [4.69, 9.17) is 4.42 Å². The van der Waals surface area contributed by atoms with E-state index < -0.39 is 0 Å². The van der Waals surface area contributed by atoms with Crippen LogP contribution >= 0.6 is 0 Å². The number of amides is 1. The van der Waals surface area contributed by atoms with E-state index in [9.17, 15) is 9.18 Å². The van der Waals surface area contributed by atoms with Gasteiger partial charge in [-0.05, 0) is 36.4 Å². The van der Waals surface area contributed by atoms with Crippen LogP contribution in [0.4, 0.5) is 10.1 Å². The molecule has 1 saturated heterocycles. The summed E-state index contributed by atoms with van der Waals surface area (Å²) in [4.78, 5) is 22.9. The van der Waals surface area contributed by atoms with Crippen LogP contribution in [0, 0.1) is 5.82 Å². The second kappa shape index (κ2) is 9.42. The highest BCUT2D eigenvalue weighted by atomic mass is 19.1. The van der Waals surface area contributed by atoms with Gasteiger partial charge >= 0.3 is 0 Å². The summed E-state index contributed by atoms with van der Waals surface area (Å²) in [7, 11) is 1.70. The van der Waals surface area contributed by atoms with Crippen LogP contribution in [0.3, 0.4) is 0 Å². The first-order valence-corrected chi connectivity index (χ1v) is 10.2. The molecular weight excluding hydrogens is 397 g/mol. The molecule has 1 aliphatic rings. The molecule has 1 fully saturated rings. The highest BCUT2D eigenvalue weighted by molar-refractivity contribution is 5.97. The van der Waals surface area contributed by atoms with Crippen molar-refractivity contribution in [3.05, 3.63) is 72.4 Å². The number of hydrogen-bond donors (Lipinski definition) is 2. The SMILES string of the molecule is CN=C(NCCc1coc(-c2ccc(F)cc2)n1)NC1CC(=O)N(c2ccccc2)C1. The number of hydrogen-bond acceptors (Lipinski definition) is 4. The van der Waals surface area contributed by atoms with Crippen LogP contribution in [0.25, 0.3) is 11.5 Å². The van der Waals surface area contributed by atoms with Gasteiger partial charge in [-0.3, -0.25) is 9.79 Å². The molecule has 1 aromatic heterocycles. The van der Waals surface area contributed by atoms with Crippen molar-refractivity contribution in [2.45, 2.75) is 18.9 Å². The Morgan fingerprint density at radius 1 is 1.23 bits per heavy atom. The van der Waals surface area contributed by atoms with Crippen LogP contribution in [0.1, 0.15) is 12.1 Å². The third-order valence-electron chi connectivity index (χ3n) is 5.07. The number of rotatable bonds is 6. The van der Waals surface area contributed by atoms with Crippen LogP contribution in [0.15, 0.2) is 70.3 Å². The Balaban J connectivity index is 1.27. The van der Waals surface area contributed by atoms with Crippen LogP contribution in [-0.4, -0.2) is 43.0 Å². The van der Waals surface area contributed by atoms with Gasteiger partial charge in [0, 0.05) is 44.2 Å². The van der Waals surface area contributed by atoms with E-state index in [1.54, 1.807) is 30.3 Å². The molecule has 0 aliphatic carbocycles. The summed E-state index contributed by atoms with van der Waals surface area (Å²) in [6, 6.07) is 15.7. The minimum absolute atomic E-state index is 0.0176. The third kappa shape index (κ3) is 5.09. The molecule has 2 heterocycles. The Bertz CT molecular complexity index is 1050. The molecule has 2 aromatic carbocycles. The number of oxazole rings is 1. The predicted molar refractivity (Wildman–Crippen MR) is 117 cm³/mol. The van der Waals surface area contributed by atoms with Gasteiger partial charge in [-0.2, -0.15) is 0 Å². The molecule has 0 saturated carbocycles. The van der Waals surface area contributed by atoms with Crippen molar-refractivity contribution in [2.24, 2.45) is 4.99 Å². The molecule has 8 heteroatoms. The molecule has 1 aliphatic heterocycles. The number of anilines is 1. The quantitative estimate of drug-likeness (QED) is 0.472. The van der Waals surface area contributed by atoms with Gasteiger partial charge in [-0.25, -0.2) is 9.37 Å². The van der Waals surface area contributed by atoms with E-state index in [0.29, 0.717) is 37.8 Å². The number of halogens is 1. The fourth-order valence-electron chi connectivity index (χ4n) is 3.51. The molecular formula is C23H24FN5O2. The molecule has 1 atom stereocenters. The molecule has 2 N–H and O–H groups in total. The Morgan fingerprint density at radius 3 is 2.74 bits per heavy atom. The smallest absolute Gasteiger partial charge is 0.229 e. The summed E-state index contributed by atoms with van der Waals surface area (Å²) in [5.74, 6) is 0.891. The second-order valence-corrected chi connectivity index (χ2v) is 7.29. The molecule has 1 amide bonds. The molecule has 0 bridgehead atoms. The maximum Gasteiger partial charge on any atom is 0.229 e. The molecule has 0 radical (unpaired) electrons. The first-order valence-electron chi connectivity index (χ1n) is 10.2. The Kier molecular flexibility index (Phi) is 6.26. The molecule has 7 nitrogen and oxygen atoms in total. The van der Waals surface area contributed by atoms with Crippen molar-refractivity contribution in [2.75, 3.05) is 25.0 Å². The normalized spacial score (nSPS) is 16.6. The zero-order chi connectivity index (χ0) is 21.6. The lowest BCUT2D eigenvalue weighted by molar-refractivity contribution is -0.117. The van der Waals surface area contributed by atoms with Crippen LogP contribution < -0.4 is 15.5 Å². The van der Waals surface area contributed by atoms with Gasteiger partial charge in [0.15, 0.2) is 5.96 Å². The third-order valence-corrected chi connectivity index (χ3v) is 5.07. The Hall–Kier alpha value is -3.68. The molecule has 1 unspecified atom stereocenters. The van der Waals surface area contributed by atoms with Crippen molar-refractivity contribution < 1.29 is 13.6 Å². The van der Waals surface area contributed by atoms with Gasteiger partial charge in [-0.1, -0.05) is 18.2 Å². The summed E-state index contributed by atoms with van der Waals surface area (Å²) >= 11 is 0. The lowest BCUT2D eigenvalue weighted by atomic mass is 10.2. The van der Waals surface area contributed by atoms with Gasteiger partial charge in [0.05, 0.1) is 11.7 Å². The minimum atomic E-state index is -0.297. The maximum absolute atomic E-state index is 13.1. The number of para-hydroxylation sites is 1. The van der Waals surface area contributed by atoms with Gasteiger partial charge in [0.1, 0.15) is 12.1 Å². The summed E-state index contributed by atoms with van der Waals surface area (Å²) in [5.41, 5.74) is 2.42. The molecule has 4 rings (SSSR count). The number of nitrogens with one attached hydrogen (secondary N) is 2. The molecule has 31 heavy (non-hydrogen) atoms. The first-order chi connectivity index (χ1) is 15.1. The first kappa shape index (κ1) is 20.6. The van der Waals surface area contributed by atoms with Crippen LogP contribution in [0.2, 0.25) is 0 Å². The lowest BCUT2D eigenvalue weighted by Crippen LogP contribution is -2.45. The summed E-state index contributed by atoms with van der Waals surface area (Å²) in [6.07, 6.45) is 2.65. The van der Waals surface area contributed by atoms with Gasteiger partial charge in [-0.15, -0.1) is 0 Å². The average molecular weight is 421 g/mol. The zero-order valence-electron chi connectivity index (χ0n) is 17.2. The fraction of sp³-hybridized carbons (Fsp3) is 0.261. The standard InChI is InChI=1S/C23H24FN5O2/c1-25-23(28-19-13-21(30)29(14-19)20-5-3-2-4-6-20)26-12-11-18-15-31-22(27-18)16-7-9-17(24)10-8-16/h2-10,15,19H,11-14H2,1H3,(H2,25,26,28). The number of nitrogens with zero attached hydrogens (tertiary/aromatic N) is 3. The fourth-order valence-corrected chi connectivity index (χ4v) is 3.51. The highest BCUT2D eigenvalue weighted by Gasteiger charge is 2.31. The zero-order valence-corrected chi connectivity index (χ0v) is 17.2. The summed E-state index contributed by atoms with van der Waals surface area (Å²) in [6.45, 7) is 1.19. The predicted octanol–water partition coefficient (Wildman–Crippen LogP) is 2.99. The van der Waals surface area contributed by atoms with Crippen LogP contribution in [0.5, 0.6) is 0 Å². The van der Waals surface area contributed by atoms with Crippen molar-refractivity contribution in [1.82, 2.24) is 15.6 Å². The highest BCUT2D eigenvalue weighted by Crippen LogP contribution is 2.21. The van der Waals surface area contributed by atoms with Crippen molar-refractivity contribution in [3.63, 3.8) is 0 Å². The molecule has 0 spiro atoms. The Morgan fingerprint density at radius 2 is 2.00 bits per heavy atom.